The highest BCUT2D eigenvalue weighted by atomic mass is 79.9. The Hall–Kier alpha value is -2.59. The smallest absolute Gasteiger partial charge is 0.259 e. The molecule has 1 aliphatic heterocycles. The maximum absolute atomic E-state index is 12.1. The summed E-state index contributed by atoms with van der Waals surface area (Å²) in [7, 11) is 0. The van der Waals surface area contributed by atoms with Gasteiger partial charge in [-0.05, 0) is 46.3 Å². The summed E-state index contributed by atoms with van der Waals surface area (Å²) in [5.41, 5.74) is 3.03. The lowest BCUT2D eigenvalue weighted by molar-refractivity contribution is -0.120. The van der Waals surface area contributed by atoms with E-state index >= 15 is 0 Å². The molecule has 3 N–H and O–H groups in total. The van der Waals surface area contributed by atoms with Gasteiger partial charge < -0.3 is 19.9 Å². The zero-order valence-corrected chi connectivity index (χ0v) is 16.8. The Balaban J connectivity index is 1.52. The number of halogens is 2. The first kappa shape index (κ1) is 19.2. The van der Waals surface area contributed by atoms with Gasteiger partial charge in [0.2, 0.25) is 6.79 Å². The molecule has 1 aliphatic rings. The predicted molar refractivity (Wildman–Crippen MR) is 104 cm³/mol. The van der Waals surface area contributed by atoms with Crippen molar-refractivity contribution in [1.29, 1.82) is 0 Å². The number of hydrogen-bond donors (Lipinski definition) is 3. The fraction of sp³-hybridized carbons (Fsp3) is 0.118. The van der Waals surface area contributed by atoms with Crippen molar-refractivity contribution in [2.24, 2.45) is 5.10 Å². The molecule has 0 atom stereocenters. The largest absolute Gasteiger partial charge is 0.506 e. The minimum Gasteiger partial charge on any atom is -0.506 e. The van der Waals surface area contributed by atoms with E-state index in [2.05, 4.69) is 47.7 Å². The Labute approximate surface area is 170 Å². The number of amides is 2. The van der Waals surface area contributed by atoms with Crippen molar-refractivity contribution in [3.63, 3.8) is 0 Å². The molecular formula is C17H13Br2N3O5. The van der Waals surface area contributed by atoms with Crippen molar-refractivity contribution in [3.8, 4) is 17.2 Å². The lowest BCUT2D eigenvalue weighted by Crippen LogP contribution is -2.34. The molecule has 0 aliphatic carbocycles. The maximum atomic E-state index is 12.1. The summed E-state index contributed by atoms with van der Waals surface area (Å²) < 4.78 is 11.6. The molecule has 0 spiro atoms. The van der Waals surface area contributed by atoms with Crippen molar-refractivity contribution in [3.05, 3.63) is 50.4 Å². The van der Waals surface area contributed by atoms with Crippen LogP contribution in [0.25, 0.3) is 0 Å². The molecule has 0 unspecified atom stereocenters. The van der Waals surface area contributed by atoms with Crippen LogP contribution >= 0.6 is 31.9 Å². The molecule has 10 heteroatoms. The van der Waals surface area contributed by atoms with Gasteiger partial charge in [0.05, 0.1) is 17.2 Å². The van der Waals surface area contributed by atoms with Crippen LogP contribution in [0.15, 0.2) is 44.4 Å². The topological polar surface area (TPSA) is 109 Å². The number of phenolic OH excluding ortho intramolecular Hbond substituents is 1. The van der Waals surface area contributed by atoms with Gasteiger partial charge in [0.15, 0.2) is 11.5 Å². The number of hydrazone groups is 1. The quantitative estimate of drug-likeness (QED) is 0.433. The summed E-state index contributed by atoms with van der Waals surface area (Å²) in [4.78, 5) is 23.9. The predicted octanol–water partition coefficient (Wildman–Crippen LogP) is 2.53. The molecule has 0 fully saturated rings. The lowest BCUT2D eigenvalue weighted by Gasteiger charge is -2.05. The Bertz CT molecular complexity index is 933. The van der Waals surface area contributed by atoms with Crippen molar-refractivity contribution in [2.75, 3.05) is 13.3 Å². The van der Waals surface area contributed by atoms with Crippen LogP contribution in [0, 0.1) is 0 Å². The summed E-state index contributed by atoms with van der Waals surface area (Å²) >= 11 is 6.50. The molecule has 140 valence electrons. The Kier molecular flexibility index (Phi) is 5.97. The highest BCUT2D eigenvalue weighted by Gasteiger charge is 2.16. The fourth-order valence-electron chi connectivity index (χ4n) is 2.20. The maximum Gasteiger partial charge on any atom is 0.259 e. The second-order valence-corrected chi connectivity index (χ2v) is 7.14. The highest BCUT2D eigenvalue weighted by molar-refractivity contribution is 9.11. The van der Waals surface area contributed by atoms with E-state index in [4.69, 9.17) is 9.47 Å². The van der Waals surface area contributed by atoms with E-state index in [1.54, 1.807) is 30.3 Å². The van der Waals surface area contributed by atoms with Crippen LogP contribution in [-0.4, -0.2) is 36.5 Å². The number of benzene rings is 2. The average molecular weight is 499 g/mol. The molecule has 0 aromatic heterocycles. The average Bonchev–Trinajstić information content (AvgIpc) is 3.11. The molecule has 0 bridgehead atoms. The van der Waals surface area contributed by atoms with Crippen LogP contribution in [-0.2, 0) is 4.79 Å². The third kappa shape index (κ3) is 4.77. The van der Waals surface area contributed by atoms with Gasteiger partial charge in [-0.2, -0.15) is 5.10 Å². The van der Waals surface area contributed by atoms with E-state index in [1.165, 1.54) is 6.21 Å². The number of aromatic hydroxyl groups is 1. The summed E-state index contributed by atoms with van der Waals surface area (Å²) in [6, 6.07) is 8.06. The normalized spacial score (nSPS) is 12.2. The number of carbonyl (C=O) groups is 2. The zero-order valence-electron chi connectivity index (χ0n) is 13.7. The lowest BCUT2D eigenvalue weighted by atomic mass is 10.2. The van der Waals surface area contributed by atoms with Crippen molar-refractivity contribution >= 4 is 49.9 Å². The zero-order chi connectivity index (χ0) is 19.4. The molecule has 0 saturated carbocycles. The molecule has 2 aromatic carbocycles. The Morgan fingerprint density at radius 2 is 1.96 bits per heavy atom. The summed E-state index contributed by atoms with van der Waals surface area (Å²) in [6.45, 7) is -0.149. The van der Waals surface area contributed by atoms with E-state index in [9.17, 15) is 14.7 Å². The first-order chi connectivity index (χ1) is 12.9. The Morgan fingerprint density at radius 1 is 1.19 bits per heavy atom. The molecule has 8 nitrogen and oxygen atoms in total. The molecule has 0 saturated heterocycles. The molecule has 2 aromatic rings. The molecule has 27 heavy (non-hydrogen) atoms. The van der Waals surface area contributed by atoms with Gasteiger partial charge in [-0.3, -0.25) is 9.59 Å². The van der Waals surface area contributed by atoms with Crippen LogP contribution < -0.4 is 20.2 Å². The second-order valence-electron chi connectivity index (χ2n) is 5.37. The SMILES string of the molecule is O=C(CNC(=O)c1ccc2c(c1)OCO2)N/N=C/c1cc(Br)cc(Br)c1O. The Morgan fingerprint density at radius 3 is 2.78 bits per heavy atom. The van der Waals surface area contributed by atoms with Gasteiger partial charge in [0.1, 0.15) is 5.75 Å². The number of fused-ring (bicyclic) bond motifs is 1. The van der Waals surface area contributed by atoms with E-state index < -0.39 is 11.8 Å². The number of nitrogens with zero attached hydrogens (tertiary/aromatic N) is 1. The second kappa shape index (κ2) is 8.40. The molecular weight excluding hydrogens is 486 g/mol. The van der Waals surface area contributed by atoms with Crippen molar-refractivity contribution in [2.45, 2.75) is 0 Å². The van der Waals surface area contributed by atoms with E-state index in [0.29, 0.717) is 27.1 Å². The van der Waals surface area contributed by atoms with Gasteiger partial charge in [-0.15, -0.1) is 0 Å². The number of hydrogen-bond acceptors (Lipinski definition) is 6. The molecule has 0 radical (unpaired) electrons. The van der Waals surface area contributed by atoms with Crippen LogP contribution in [0.1, 0.15) is 15.9 Å². The van der Waals surface area contributed by atoms with Crippen LogP contribution in [0.5, 0.6) is 17.2 Å². The monoisotopic (exact) mass is 497 g/mol. The van der Waals surface area contributed by atoms with E-state index in [1.807, 2.05) is 0 Å². The van der Waals surface area contributed by atoms with Gasteiger partial charge in [-0.25, -0.2) is 5.43 Å². The van der Waals surface area contributed by atoms with Gasteiger partial charge >= 0.3 is 0 Å². The van der Waals surface area contributed by atoms with Gasteiger partial charge in [-0.1, -0.05) is 15.9 Å². The number of rotatable bonds is 5. The molecule has 3 rings (SSSR count). The third-order valence-electron chi connectivity index (χ3n) is 3.49. The van der Waals surface area contributed by atoms with Gasteiger partial charge in [0, 0.05) is 15.6 Å². The highest BCUT2D eigenvalue weighted by Crippen LogP contribution is 2.32. The van der Waals surface area contributed by atoms with Crippen LogP contribution in [0.3, 0.4) is 0 Å². The molecule has 2 amide bonds. The number of ether oxygens (including phenoxy) is 2. The van der Waals surface area contributed by atoms with Crippen molar-refractivity contribution < 1.29 is 24.2 Å². The minimum atomic E-state index is -0.520. The standard InChI is InChI=1S/C17H13Br2N3O5/c18-11-3-10(16(24)12(19)5-11)6-21-22-15(23)7-20-17(25)9-1-2-13-14(4-9)27-8-26-13/h1-6,24H,7-8H2,(H,20,25)(H,22,23)/b21-6+. The van der Waals surface area contributed by atoms with E-state index in [-0.39, 0.29) is 19.1 Å². The number of nitrogens with one attached hydrogen (secondary N) is 2. The van der Waals surface area contributed by atoms with Crippen molar-refractivity contribution in [1.82, 2.24) is 10.7 Å². The fourth-order valence-corrected chi connectivity index (χ4v) is 3.46. The third-order valence-corrected chi connectivity index (χ3v) is 4.56. The summed E-state index contributed by atoms with van der Waals surface area (Å²) in [5, 5.41) is 16.2. The van der Waals surface area contributed by atoms with Gasteiger partial charge in [0.25, 0.3) is 11.8 Å². The molecule has 1 heterocycles. The van der Waals surface area contributed by atoms with E-state index in [0.717, 1.165) is 4.47 Å². The first-order valence-electron chi connectivity index (χ1n) is 7.62. The number of carbonyl (C=O) groups excluding carboxylic acids is 2. The number of phenols is 1. The van der Waals surface area contributed by atoms with Crippen LogP contribution in [0.4, 0.5) is 0 Å². The van der Waals surface area contributed by atoms with Crippen LogP contribution in [0.2, 0.25) is 0 Å². The first-order valence-corrected chi connectivity index (χ1v) is 9.20. The minimum absolute atomic E-state index is 0.00712. The summed E-state index contributed by atoms with van der Waals surface area (Å²) in [5.74, 6) is 0.0972. The summed E-state index contributed by atoms with van der Waals surface area (Å²) in [6.07, 6.45) is 1.29.